The van der Waals surface area contributed by atoms with Gasteiger partial charge in [0.15, 0.2) is 17.5 Å². The molecular weight excluding hydrogens is 477 g/mol. The van der Waals surface area contributed by atoms with E-state index in [-0.39, 0.29) is 29.7 Å². The van der Waals surface area contributed by atoms with Gasteiger partial charge in [0.2, 0.25) is 0 Å². The summed E-state index contributed by atoms with van der Waals surface area (Å²) >= 11 is 0. The zero-order valence-corrected chi connectivity index (χ0v) is 19.2. The van der Waals surface area contributed by atoms with Crippen molar-refractivity contribution in [2.75, 3.05) is 6.61 Å². The van der Waals surface area contributed by atoms with Gasteiger partial charge in [-0.1, -0.05) is 13.3 Å². The Labute approximate surface area is 199 Å². The quantitative estimate of drug-likeness (QED) is 0.293. The van der Waals surface area contributed by atoms with E-state index in [9.17, 15) is 30.7 Å². The molecular formula is C26H27F7O2. The van der Waals surface area contributed by atoms with E-state index >= 15 is 0 Å². The predicted octanol–water partition coefficient (Wildman–Crippen LogP) is 7.99. The minimum atomic E-state index is -4.59. The molecule has 1 aliphatic heterocycles. The average Bonchev–Trinajstić information content (AvgIpc) is 2.81. The molecule has 0 spiro atoms. The van der Waals surface area contributed by atoms with Gasteiger partial charge in [0.1, 0.15) is 22.9 Å². The van der Waals surface area contributed by atoms with E-state index in [2.05, 4.69) is 11.7 Å². The maximum absolute atomic E-state index is 14.7. The number of alkyl halides is 2. The van der Waals surface area contributed by atoms with Crippen LogP contribution in [0.25, 0.3) is 0 Å². The minimum absolute atomic E-state index is 0.174. The molecule has 2 aromatic carbocycles. The number of halogens is 7. The first-order valence-electron chi connectivity index (χ1n) is 11.9. The normalized spacial score (nSPS) is 25.5. The summed E-state index contributed by atoms with van der Waals surface area (Å²) in [4.78, 5) is 0. The van der Waals surface area contributed by atoms with Gasteiger partial charge in [-0.05, 0) is 74.0 Å². The van der Waals surface area contributed by atoms with Crippen molar-refractivity contribution < 1.29 is 40.2 Å². The molecule has 9 heteroatoms. The fourth-order valence-corrected chi connectivity index (χ4v) is 5.24. The average molecular weight is 504 g/mol. The summed E-state index contributed by atoms with van der Waals surface area (Å²) in [6.45, 7) is 2.90. The fraction of sp³-hybridized carbons (Fsp3) is 0.538. The first-order valence-corrected chi connectivity index (χ1v) is 11.9. The van der Waals surface area contributed by atoms with Crippen LogP contribution in [0.2, 0.25) is 0 Å². The van der Waals surface area contributed by atoms with Crippen molar-refractivity contribution in [1.29, 1.82) is 0 Å². The van der Waals surface area contributed by atoms with Gasteiger partial charge in [0, 0.05) is 18.7 Å². The van der Waals surface area contributed by atoms with Gasteiger partial charge >= 0.3 is 6.11 Å². The van der Waals surface area contributed by atoms with Crippen molar-refractivity contribution in [3.63, 3.8) is 0 Å². The van der Waals surface area contributed by atoms with Crippen molar-refractivity contribution in [2.45, 2.75) is 70.0 Å². The smallest absolute Gasteiger partial charge is 0.429 e. The van der Waals surface area contributed by atoms with Crippen molar-refractivity contribution >= 4 is 0 Å². The summed E-state index contributed by atoms with van der Waals surface area (Å²) < 4.78 is 108. The second-order valence-corrected chi connectivity index (χ2v) is 9.51. The first kappa shape index (κ1) is 25.8. The lowest BCUT2D eigenvalue weighted by molar-refractivity contribution is -0.189. The number of ether oxygens (including phenoxy) is 2. The molecule has 0 N–H and O–H groups in total. The Morgan fingerprint density at radius 3 is 1.94 bits per heavy atom. The van der Waals surface area contributed by atoms with Gasteiger partial charge < -0.3 is 9.47 Å². The minimum Gasteiger partial charge on any atom is -0.429 e. The largest absolute Gasteiger partial charge is 0.432 e. The number of hydrogen-bond donors (Lipinski definition) is 0. The molecule has 2 unspecified atom stereocenters. The monoisotopic (exact) mass is 504 g/mol. The molecule has 35 heavy (non-hydrogen) atoms. The molecule has 2 nitrogen and oxygen atoms in total. The molecule has 2 fully saturated rings. The highest BCUT2D eigenvalue weighted by Crippen LogP contribution is 2.42. The molecule has 0 amide bonds. The molecule has 1 heterocycles. The van der Waals surface area contributed by atoms with Crippen LogP contribution in [-0.4, -0.2) is 12.7 Å². The van der Waals surface area contributed by atoms with Gasteiger partial charge in [-0.15, -0.1) is 0 Å². The number of benzene rings is 2. The highest BCUT2D eigenvalue weighted by Gasteiger charge is 2.42. The second-order valence-electron chi connectivity index (χ2n) is 9.51. The molecule has 2 aromatic rings. The highest BCUT2D eigenvalue weighted by molar-refractivity contribution is 5.33. The van der Waals surface area contributed by atoms with Gasteiger partial charge in [-0.3, -0.25) is 0 Å². The molecule has 1 aliphatic carbocycles. The standard InChI is InChI=1S/C26H27F7O2/c1-2-14-3-8-23(34-13-14)16-6-4-15(5-7-16)17-9-19(27)24(20(28)10-17)26(32,33)35-18-11-21(29)25(31)22(30)12-18/h9-12,14-16,23H,2-8,13H2,1H3. The van der Waals surface area contributed by atoms with Gasteiger partial charge in [0.25, 0.3) is 0 Å². The molecule has 0 aromatic heterocycles. The Morgan fingerprint density at radius 1 is 0.829 bits per heavy atom. The summed E-state index contributed by atoms with van der Waals surface area (Å²) in [6.07, 6.45) is 1.77. The summed E-state index contributed by atoms with van der Waals surface area (Å²) in [5.74, 6) is -8.82. The van der Waals surface area contributed by atoms with Crippen LogP contribution in [0.3, 0.4) is 0 Å². The van der Waals surface area contributed by atoms with Crippen molar-refractivity contribution in [2.24, 2.45) is 11.8 Å². The SMILES string of the molecule is CCC1CCC(C2CCC(c3cc(F)c(C(F)(F)Oc4cc(F)c(F)c(F)c4)c(F)c3)CC2)OC1. The molecule has 1 saturated carbocycles. The summed E-state index contributed by atoms with van der Waals surface area (Å²) in [7, 11) is 0. The molecule has 2 atom stereocenters. The van der Waals surface area contributed by atoms with E-state index in [1.54, 1.807) is 0 Å². The van der Waals surface area contributed by atoms with Crippen molar-refractivity contribution in [3.8, 4) is 5.75 Å². The van der Waals surface area contributed by atoms with Gasteiger partial charge in [-0.2, -0.15) is 8.78 Å². The summed E-state index contributed by atoms with van der Waals surface area (Å²) in [6, 6.07) is 2.06. The van der Waals surface area contributed by atoms with E-state index < -0.39 is 46.5 Å². The van der Waals surface area contributed by atoms with E-state index in [4.69, 9.17) is 4.74 Å². The van der Waals surface area contributed by atoms with Crippen LogP contribution in [0, 0.1) is 40.9 Å². The van der Waals surface area contributed by atoms with Crippen molar-refractivity contribution in [3.05, 3.63) is 64.5 Å². The maximum atomic E-state index is 14.7. The Morgan fingerprint density at radius 2 is 1.43 bits per heavy atom. The zero-order chi connectivity index (χ0) is 25.3. The fourth-order valence-electron chi connectivity index (χ4n) is 5.24. The second kappa shape index (κ2) is 10.4. The van der Waals surface area contributed by atoms with Gasteiger partial charge in [-0.25, -0.2) is 22.0 Å². The van der Waals surface area contributed by atoms with Crippen LogP contribution in [0.1, 0.15) is 68.9 Å². The third-order valence-corrected chi connectivity index (χ3v) is 7.31. The number of rotatable bonds is 6. The lowest BCUT2D eigenvalue weighted by Gasteiger charge is -2.38. The lowest BCUT2D eigenvalue weighted by atomic mass is 9.75. The summed E-state index contributed by atoms with van der Waals surface area (Å²) in [5.41, 5.74) is -1.41. The summed E-state index contributed by atoms with van der Waals surface area (Å²) in [5, 5.41) is 0. The van der Waals surface area contributed by atoms with Crippen LogP contribution >= 0.6 is 0 Å². The highest BCUT2D eigenvalue weighted by atomic mass is 19.3. The van der Waals surface area contributed by atoms with Crippen molar-refractivity contribution in [1.82, 2.24) is 0 Å². The molecule has 1 saturated heterocycles. The topological polar surface area (TPSA) is 18.5 Å². The van der Waals surface area contributed by atoms with Gasteiger partial charge in [0.05, 0.1) is 6.10 Å². The maximum Gasteiger partial charge on any atom is 0.432 e. The van der Waals surface area contributed by atoms with E-state index in [0.717, 1.165) is 50.8 Å². The Bertz CT molecular complexity index is 996. The van der Waals surface area contributed by atoms with E-state index in [1.807, 2.05) is 0 Å². The molecule has 4 rings (SSSR count). The first-order chi connectivity index (χ1) is 16.6. The van der Waals surface area contributed by atoms with E-state index in [1.165, 1.54) is 0 Å². The molecule has 2 aliphatic rings. The Hall–Kier alpha value is -2.29. The third-order valence-electron chi connectivity index (χ3n) is 7.31. The number of hydrogen-bond acceptors (Lipinski definition) is 2. The Kier molecular flexibility index (Phi) is 7.64. The third kappa shape index (κ3) is 5.60. The van der Waals surface area contributed by atoms with Crippen LogP contribution < -0.4 is 4.74 Å². The zero-order valence-electron chi connectivity index (χ0n) is 19.2. The van der Waals surface area contributed by atoms with E-state index in [0.29, 0.717) is 24.7 Å². The van der Waals surface area contributed by atoms with Crippen LogP contribution in [0.15, 0.2) is 24.3 Å². The molecule has 192 valence electrons. The molecule has 0 radical (unpaired) electrons. The predicted molar refractivity (Wildman–Crippen MR) is 115 cm³/mol. The molecule has 0 bridgehead atoms. The lowest BCUT2D eigenvalue weighted by Crippen LogP contribution is -2.33. The van der Waals surface area contributed by atoms with Crippen LogP contribution in [-0.2, 0) is 10.8 Å². The van der Waals surface area contributed by atoms with Crippen LogP contribution in [0.4, 0.5) is 30.7 Å². The van der Waals surface area contributed by atoms with Crippen LogP contribution in [0.5, 0.6) is 5.75 Å². The Balaban J connectivity index is 1.44.